The minimum atomic E-state index is -0.231. The van der Waals surface area contributed by atoms with Gasteiger partial charge in [-0.1, -0.05) is 53.7 Å². The third kappa shape index (κ3) is 5.02. The molecule has 136 valence electrons. The second-order valence-corrected chi connectivity index (χ2v) is 8.16. The number of hydrogen-bond donors (Lipinski definition) is 2. The lowest BCUT2D eigenvalue weighted by atomic mass is 10.1. The number of aromatic amines is 1. The van der Waals surface area contributed by atoms with Gasteiger partial charge in [-0.3, -0.25) is 4.79 Å². The van der Waals surface area contributed by atoms with E-state index < -0.39 is 0 Å². The topological polar surface area (TPSA) is 57.8 Å². The van der Waals surface area contributed by atoms with Crippen LogP contribution < -0.4 is 5.32 Å². The number of fused-ring (bicyclic) bond motifs is 1. The molecule has 0 unspecified atom stereocenters. The smallest absolute Gasteiger partial charge is 0.233 e. The molecule has 0 saturated carbocycles. The molecule has 3 aromatic rings. The molecule has 2 aromatic carbocycles. The fourth-order valence-electron chi connectivity index (χ4n) is 2.70. The Balaban J connectivity index is 1.51. The van der Waals surface area contributed by atoms with E-state index in [4.69, 9.17) is 11.6 Å². The zero-order valence-electron chi connectivity index (χ0n) is 14.8. The highest BCUT2D eigenvalue weighted by Crippen LogP contribution is 2.25. The molecule has 1 aromatic heterocycles. The normalized spacial score (nSPS) is 13.5. The van der Waals surface area contributed by atoms with Gasteiger partial charge in [0.1, 0.15) is 0 Å². The number of carbonyl (C=O) groups excluding carboxylic acids is 1. The molecule has 0 aliphatic heterocycles. The van der Waals surface area contributed by atoms with Crippen molar-refractivity contribution in [1.82, 2.24) is 15.3 Å². The number of carbonyl (C=O) groups is 1. The third-order valence-electron chi connectivity index (χ3n) is 4.18. The minimum absolute atomic E-state index is 0.0223. The van der Waals surface area contributed by atoms with Crippen molar-refractivity contribution in [2.75, 3.05) is 0 Å². The highest BCUT2D eigenvalue weighted by atomic mass is 35.5. The van der Waals surface area contributed by atoms with E-state index in [9.17, 15) is 4.79 Å². The lowest BCUT2D eigenvalue weighted by Gasteiger charge is -2.16. The first-order valence-corrected chi connectivity index (χ1v) is 9.93. The molecule has 1 heterocycles. The van der Waals surface area contributed by atoms with Gasteiger partial charge in [0.15, 0.2) is 5.16 Å². The molecule has 0 radical (unpaired) electrons. The summed E-state index contributed by atoms with van der Waals surface area (Å²) in [5.41, 5.74) is 3.02. The maximum Gasteiger partial charge on any atom is 0.233 e. The standard InChI is InChI=1S/C20H22ClN3OS/c1-13(8-9-15-6-4-3-5-7-15)22-19(25)14(2)26-20-23-17-11-10-16(21)12-18(17)24-20/h3-7,10-14H,8-9H2,1-2H3,(H,22,25)(H,23,24)/t13-,14-/m0/s1. The molecule has 6 heteroatoms. The van der Waals surface area contributed by atoms with Crippen molar-refractivity contribution in [1.29, 1.82) is 0 Å². The molecule has 0 fully saturated rings. The van der Waals surface area contributed by atoms with Crippen molar-refractivity contribution in [3.05, 3.63) is 59.1 Å². The van der Waals surface area contributed by atoms with Crippen molar-refractivity contribution in [3.63, 3.8) is 0 Å². The number of aryl methyl sites for hydroxylation is 1. The number of thioether (sulfide) groups is 1. The maximum atomic E-state index is 12.4. The van der Waals surface area contributed by atoms with Crippen LogP contribution in [0, 0.1) is 0 Å². The number of benzene rings is 2. The van der Waals surface area contributed by atoms with E-state index in [-0.39, 0.29) is 17.2 Å². The zero-order chi connectivity index (χ0) is 18.5. The molecule has 0 bridgehead atoms. The van der Waals surface area contributed by atoms with Crippen LogP contribution in [0.2, 0.25) is 5.02 Å². The van der Waals surface area contributed by atoms with Gasteiger partial charge in [-0.2, -0.15) is 0 Å². The zero-order valence-corrected chi connectivity index (χ0v) is 16.4. The Hall–Kier alpha value is -1.98. The summed E-state index contributed by atoms with van der Waals surface area (Å²) in [7, 11) is 0. The summed E-state index contributed by atoms with van der Waals surface area (Å²) >= 11 is 7.41. The number of aromatic nitrogens is 2. The van der Waals surface area contributed by atoms with E-state index in [1.165, 1.54) is 17.3 Å². The van der Waals surface area contributed by atoms with Crippen LogP contribution in [0.3, 0.4) is 0 Å². The lowest BCUT2D eigenvalue weighted by Crippen LogP contribution is -2.37. The highest BCUT2D eigenvalue weighted by molar-refractivity contribution is 8.00. The predicted molar refractivity (Wildman–Crippen MR) is 109 cm³/mol. The van der Waals surface area contributed by atoms with E-state index in [2.05, 4.69) is 27.4 Å². The van der Waals surface area contributed by atoms with E-state index in [0.29, 0.717) is 5.02 Å². The highest BCUT2D eigenvalue weighted by Gasteiger charge is 2.18. The fraction of sp³-hybridized carbons (Fsp3) is 0.300. The van der Waals surface area contributed by atoms with E-state index in [1.54, 1.807) is 0 Å². The molecule has 2 atom stereocenters. The lowest BCUT2D eigenvalue weighted by molar-refractivity contribution is -0.120. The van der Waals surface area contributed by atoms with Crippen molar-refractivity contribution < 1.29 is 4.79 Å². The first-order valence-electron chi connectivity index (χ1n) is 8.67. The van der Waals surface area contributed by atoms with E-state index in [0.717, 1.165) is 29.0 Å². The average Bonchev–Trinajstić information content (AvgIpc) is 3.02. The number of imidazole rings is 1. The van der Waals surface area contributed by atoms with Crippen molar-refractivity contribution in [2.45, 2.75) is 43.1 Å². The molecule has 0 aliphatic carbocycles. The second-order valence-electron chi connectivity index (χ2n) is 6.40. The molecule has 1 amide bonds. The number of hydrogen-bond acceptors (Lipinski definition) is 3. The van der Waals surface area contributed by atoms with Crippen LogP contribution in [0.4, 0.5) is 0 Å². The Morgan fingerprint density at radius 3 is 2.77 bits per heavy atom. The summed E-state index contributed by atoms with van der Waals surface area (Å²) in [6.07, 6.45) is 1.87. The number of nitrogens with one attached hydrogen (secondary N) is 2. The minimum Gasteiger partial charge on any atom is -0.353 e. The van der Waals surface area contributed by atoms with Crippen molar-refractivity contribution in [3.8, 4) is 0 Å². The molecule has 2 N–H and O–H groups in total. The monoisotopic (exact) mass is 387 g/mol. The van der Waals surface area contributed by atoms with Crippen LogP contribution in [0.1, 0.15) is 25.8 Å². The molecule has 0 spiro atoms. The number of halogens is 1. The number of H-pyrrole nitrogens is 1. The van der Waals surface area contributed by atoms with Crippen LogP contribution in [0.5, 0.6) is 0 Å². The first-order chi connectivity index (χ1) is 12.5. The Morgan fingerprint density at radius 1 is 1.23 bits per heavy atom. The summed E-state index contributed by atoms with van der Waals surface area (Å²) in [4.78, 5) is 20.2. The van der Waals surface area contributed by atoms with Gasteiger partial charge in [0.25, 0.3) is 0 Å². The van der Waals surface area contributed by atoms with Gasteiger partial charge in [0.2, 0.25) is 5.91 Å². The Kier molecular flexibility index (Phi) is 6.22. The average molecular weight is 388 g/mol. The van der Waals surface area contributed by atoms with Crippen LogP contribution in [-0.2, 0) is 11.2 Å². The van der Waals surface area contributed by atoms with Gasteiger partial charge in [-0.15, -0.1) is 0 Å². The number of rotatable bonds is 7. The molecule has 0 saturated heterocycles. The SMILES string of the molecule is C[C@H](Sc1nc2ccc(Cl)cc2[nH]1)C(=O)N[C@@H](C)CCc1ccccc1. The van der Waals surface area contributed by atoms with Gasteiger partial charge < -0.3 is 10.3 Å². The Morgan fingerprint density at radius 2 is 2.00 bits per heavy atom. The van der Waals surface area contributed by atoms with Gasteiger partial charge in [-0.25, -0.2) is 4.98 Å². The number of amides is 1. The molecule has 0 aliphatic rings. The van der Waals surface area contributed by atoms with Crippen LogP contribution >= 0.6 is 23.4 Å². The number of nitrogens with zero attached hydrogens (tertiary/aromatic N) is 1. The molecule has 4 nitrogen and oxygen atoms in total. The van der Waals surface area contributed by atoms with Crippen LogP contribution in [0.15, 0.2) is 53.7 Å². The Labute approximate surface area is 162 Å². The molecule has 26 heavy (non-hydrogen) atoms. The third-order valence-corrected chi connectivity index (χ3v) is 5.40. The van der Waals surface area contributed by atoms with E-state index >= 15 is 0 Å². The van der Waals surface area contributed by atoms with Gasteiger partial charge in [-0.05, 0) is 50.5 Å². The van der Waals surface area contributed by atoms with Crippen molar-refractivity contribution >= 4 is 40.3 Å². The maximum absolute atomic E-state index is 12.4. The van der Waals surface area contributed by atoms with Crippen LogP contribution in [-0.4, -0.2) is 27.2 Å². The van der Waals surface area contributed by atoms with Gasteiger partial charge in [0.05, 0.1) is 16.3 Å². The predicted octanol–water partition coefficient (Wildman–Crippen LogP) is 4.83. The summed E-state index contributed by atoms with van der Waals surface area (Å²) in [5, 5.41) is 4.25. The largest absolute Gasteiger partial charge is 0.353 e. The molecular weight excluding hydrogens is 366 g/mol. The molecule has 3 rings (SSSR count). The summed E-state index contributed by atoms with van der Waals surface area (Å²) in [5.74, 6) is 0.0223. The summed E-state index contributed by atoms with van der Waals surface area (Å²) in [6, 6.07) is 16.0. The fourth-order valence-corrected chi connectivity index (χ4v) is 3.70. The summed E-state index contributed by atoms with van der Waals surface area (Å²) in [6.45, 7) is 3.94. The van der Waals surface area contributed by atoms with E-state index in [1.807, 2.05) is 50.2 Å². The van der Waals surface area contributed by atoms with Gasteiger partial charge >= 0.3 is 0 Å². The molecular formula is C20H22ClN3OS. The van der Waals surface area contributed by atoms with Crippen LogP contribution in [0.25, 0.3) is 11.0 Å². The quantitative estimate of drug-likeness (QED) is 0.570. The van der Waals surface area contributed by atoms with Crippen molar-refractivity contribution in [2.24, 2.45) is 0 Å². The Bertz CT molecular complexity index is 881. The summed E-state index contributed by atoms with van der Waals surface area (Å²) < 4.78 is 0. The first kappa shape index (κ1) is 18.8. The second kappa shape index (κ2) is 8.60. The van der Waals surface area contributed by atoms with Gasteiger partial charge in [0, 0.05) is 11.1 Å².